The summed E-state index contributed by atoms with van der Waals surface area (Å²) in [6, 6.07) is 15.9. The Bertz CT molecular complexity index is 814. The topological polar surface area (TPSA) is 9.23 Å². The van der Waals surface area contributed by atoms with Gasteiger partial charge in [0.25, 0.3) is 0 Å². The highest BCUT2D eigenvalue weighted by atomic mass is 16.5. The van der Waals surface area contributed by atoms with Crippen molar-refractivity contribution in [2.45, 2.75) is 97.0 Å². The molecule has 1 heteroatoms. The van der Waals surface area contributed by atoms with Crippen molar-refractivity contribution in [2.24, 2.45) is 0 Å². The third-order valence-electron chi connectivity index (χ3n) is 6.55. The van der Waals surface area contributed by atoms with Crippen LogP contribution in [0.4, 0.5) is 0 Å². The van der Waals surface area contributed by atoms with Crippen LogP contribution in [-0.4, -0.2) is 5.60 Å². The highest BCUT2D eigenvalue weighted by Crippen LogP contribution is 2.51. The number of fused-ring (bicyclic) bond motifs is 1. The Morgan fingerprint density at radius 1 is 0.893 bits per heavy atom. The van der Waals surface area contributed by atoms with Gasteiger partial charge >= 0.3 is 0 Å². The Kier molecular flexibility index (Phi) is 5.42. The van der Waals surface area contributed by atoms with Crippen LogP contribution in [0.3, 0.4) is 0 Å². The van der Waals surface area contributed by atoms with Crippen molar-refractivity contribution in [3.8, 4) is 5.75 Å². The fourth-order valence-electron chi connectivity index (χ4n) is 4.42. The molecule has 2 aromatic rings. The third-order valence-corrected chi connectivity index (χ3v) is 6.55. The summed E-state index contributed by atoms with van der Waals surface area (Å²) in [7, 11) is 0. The lowest BCUT2D eigenvalue weighted by Gasteiger charge is -2.44. The predicted molar refractivity (Wildman–Crippen MR) is 121 cm³/mol. The summed E-state index contributed by atoms with van der Waals surface area (Å²) in [5.41, 5.74) is 5.60. The molecule has 28 heavy (non-hydrogen) atoms. The second-order valence-electron chi connectivity index (χ2n) is 10.6. The molecule has 1 unspecified atom stereocenters. The molecule has 152 valence electrons. The molecule has 0 bridgehead atoms. The summed E-state index contributed by atoms with van der Waals surface area (Å²) in [5, 5.41) is 0. The van der Waals surface area contributed by atoms with Crippen LogP contribution in [0.5, 0.6) is 5.75 Å². The molecule has 0 fully saturated rings. The summed E-state index contributed by atoms with van der Waals surface area (Å²) < 4.78 is 6.89. The maximum Gasteiger partial charge on any atom is 0.127 e. The average molecular weight is 379 g/mol. The fourth-order valence-corrected chi connectivity index (χ4v) is 4.42. The van der Waals surface area contributed by atoms with Crippen LogP contribution in [-0.2, 0) is 10.8 Å². The van der Waals surface area contributed by atoms with Crippen molar-refractivity contribution < 1.29 is 4.74 Å². The van der Waals surface area contributed by atoms with Gasteiger partial charge in [-0.1, -0.05) is 97.9 Å². The van der Waals surface area contributed by atoms with E-state index in [-0.39, 0.29) is 16.4 Å². The van der Waals surface area contributed by atoms with Crippen LogP contribution in [0.2, 0.25) is 0 Å². The summed E-state index contributed by atoms with van der Waals surface area (Å²) in [6.45, 7) is 18.4. The molecule has 0 aliphatic carbocycles. The first-order valence-electron chi connectivity index (χ1n) is 10.9. The van der Waals surface area contributed by atoms with E-state index >= 15 is 0 Å². The van der Waals surface area contributed by atoms with E-state index in [4.69, 9.17) is 4.74 Å². The number of hydrogen-bond donors (Lipinski definition) is 0. The molecule has 2 aromatic carbocycles. The van der Waals surface area contributed by atoms with Gasteiger partial charge in [-0.25, -0.2) is 0 Å². The zero-order valence-electron chi connectivity index (χ0n) is 19.1. The molecule has 0 saturated heterocycles. The lowest BCUT2D eigenvalue weighted by Crippen LogP contribution is -2.41. The van der Waals surface area contributed by atoms with Crippen LogP contribution in [0.15, 0.2) is 42.5 Å². The number of benzene rings is 2. The highest BCUT2D eigenvalue weighted by Gasteiger charge is 2.42. The minimum Gasteiger partial charge on any atom is -0.487 e. The van der Waals surface area contributed by atoms with E-state index in [2.05, 4.69) is 97.9 Å². The Morgan fingerprint density at radius 3 is 2.00 bits per heavy atom. The second kappa shape index (κ2) is 7.25. The van der Waals surface area contributed by atoms with Crippen LogP contribution in [0, 0.1) is 0 Å². The van der Waals surface area contributed by atoms with Gasteiger partial charge in [0.2, 0.25) is 0 Å². The number of hydrogen-bond acceptors (Lipinski definition) is 1. The Hall–Kier alpha value is -1.76. The van der Waals surface area contributed by atoms with Gasteiger partial charge < -0.3 is 4.74 Å². The summed E-state index contributed by atoms with van der Waals surface area (Å²) in [4.78, 5) is 0. The van der Waals surface area contributed by atoms with Crippen LogP contribution in [0.1, 0.15) is 103 Å². The van der Waals surface area contributed by atoms with Crippen molar-refractivity contribution in [3.63, 3.8) is 0 Å². The molecule has 3 rings (SSSR count). The van der Waals surface area contributed by atoms with Crippen molar-refractivity contribution in [2.75, 3.05) is 0 Å². The minimum absolute atomic E-state index is 0.0388. The van der Waals surface area contributed by atoms with Crippen molar-refractivity contribution in [1.29, 1.82) is 0 Å². The first-order chi connectivity index (χ1) is 13.0. The largest absolute Gasteiger partial charge is 0.487 e. The standard InChI is InChI=1S/C27H38O/c1-9-27(10-2)18-22(19-14-12-11-13-15-19)21-16-20(25(3,4)5)17-23(24(21)28-27)26(6,7)8/h11-17,22H,9-10,18H2,1-8H3. The van der Waals surface area contributed by atoms with Gasteiger partial charge in [-0.15, -0.1) is 0 Å². The Labute approximate surface area is 172 Å². The summed E-state index contributed by atoms with van der Waals surface area (Å²) in [5.74, 6) is 1.53. The maximum absolute atomic E-state index is 6.89. The second-order valence-corrected chi connectivity index (χ2v) is 10.6. The molecule has 0 spiro atoms. The first-order valence-corrected chi connectivity index (χ1v) is 10.9. The zero-order chi connectivity index (χ0) is 20.7. The molecule has 1 atom stereocenters. The van der Waals surface area contributed by atoms with Crippen LogP contribution in [0.25, 0.3) is 0 Å². The van der Waals surface area contributed by atoms with Crippen molar-refractivity contribution in [3.05, 3.63) is 64.7 Å². The van der Waals surface area contributed by atoms with E-state index in [0.717, 1.165) is 25.0 Å². The molecular formula is C27H38O. The van der Waals surface area contributed by atoms with Crippen molar-refractivity contribution >= 4 is 0 Å². The van der Waals surface area contributed by atoms with Gasteiger partial charge in [-0.3, -0.25) is 0 Å². The fraction of sp³-hybridized carbons (Fsp3) is 0.556. The van der Waals surface area contributed by atoms with E-state index in [1.54, 1.807) is 0 Å². The molecular weight excluding hydrogens is 340 g/mol. The first kappa shape index (κ1) is 21.0. The maximum atomic E-state index is 6.89. The van der Waals surface area contributed by atoms with Gasteiger partial charge in [-0.2, -0.15) is 0 Å². The van der Waals surface area contributed by atoms with E-state index in [1.807, 2.05) is 0 Å². The summed E-state index contributed by atoms with van der Waals surface area (Å²) >= 11 is 0. The average Bonchev–Trinajstić information content (AvgIpc) is 2.65. The molecule has 1 nitrogen and oxygen atoms in total. The van der Waals surface area contributed by atoms with Crippen LogP contribution >= 0.6 is 0 Å². The minimum atomic E-state index is -0.0866. The molecule has 1 heterocycles. The molecule has 0 saturated carbocycles. The Balaban J connectivity index is 2.32. The SMILES string of the molecule is CCC1(CC)CC(c2ccccc2)c2cc(C(C)(C)C)cc(C(C)(C)C)c2O1. The number of rotatable bonds is 3. The van der Waals surface area contributed by atoms with Gasteiger partial charge in [-0.05, 0) is 41.2 Å². The summed E-state index contributed by atoms with van der Waals surface area (Å²) in [6.07, 6.45) is 3.13. The number of ether oxygens (including phenoxy) is 1. The molecule has 0 radical (unpaired) electrons. The van der Waals surface area contributed by atoms with E-state index in [0.29, 0.717) is 5.92 Å². The third kappa shape index (κ3) is 3.86. The quantitative estimate of drug-likeness (QED) is 0.530. The van der Waals surface area contributed by atoms with Gasteiger partial charge in [0.1, 0.15) is 11.4 Å². The van der Waals surface area contributed by atoms with Gasteiger partial charge in [0, 0.05) is 17.0 Å². The lowest BCUT2D eigenvalue weighted by molar-refractivity contribution is 0.0300. The van der Waals surface area contributed by atoms with Gasteiger partial charge in [0.05, 0.1) is 0 Å². The zero-order valence-corrected chi connectivity index (χ0v) is 19.1. The molecule has 1 aliphatic rings. The molecule has 0 aromatic heterocycles. The lowest BCUT2D eigenvalue weighted by atomic mass is 9.71. The van der Waals surface area contributed by atoms with E-state index < -0.39 is 0 Å². The van der Waals surface area contributed by atoms with Crippen molar-refractivity contribution in [1.82, 2.24) is 0 Å². The highest BCUT2D eigenvalue weighted by molar-refractivity contribution is 5.55. The molecule has 1 aliphatic heterocycles. The van der Waals surface area contributed by atoms with Crippen LogP contribution < -0.4 is 4.74 Å². The Morgan fingerprint density at radius 2 is 1.50 bits per heavy atom. The van der Waals surface area contributed by atoms with Gasteiger partial charge in [0.15, 0.2) is 0 Å². The van der Waals surface area contributed by atoms with E-state index in [1.165, 1.54) is 22.3 Å². The molecule has 0 N–H and O–H groups in total. The molecule has 0 amide bonds. The predicted octanol–water partition coefficient (Wildman–Crippen LogP) is 7.75. The monoisotopic (exact) mass is 378 g/mol. The normalized spacial score (nSPS) is 19.1. The smallest absolute Gasteiger partial charge is 0.127 e. The van der Waals surface area contributed by atoms with E-state index in [9.17, 15) is 0 Å².